The van der Waals surface area contributed by atoms with Crippen LogP contribution >= 0.6 is 0 Å². The molecule has 0 spiro atoms. The highest BCUT2D eigenvalue weighted by molar-refractivity contribution is 4.84. The summed E-state index contributed by atoms with van der Waals surface area (Å²) >= 11 is 0. The van der Waals surface area contributed by atoms with Gasteiger partial charge in [-0.15, -0.1) is 0 Å². The summed E-state index contributed by atoms with van der Waals surface area (Å²) in [7, 11) is 0. The van der Waals surface area contributed by atoms with Crippen LogP contribution in [0.25, 0.3) is 0 Å². The normalized spacial score (nSPS) is 35.8. The zero-order valence-corrected chi connectivity index (χ0v) is 8.97. The maximum absolute atomic E-state index is 13.5. The van der Waals surface area contributed by atoms with Crippen molar-refractivity contribution in [2.45, 2.75) is 76.0 Å². The van der Waals surface area contributed by atoms with Crippen molar-refractivity contribution in [2.24, 2.45) is 0 Å². The highest BCUT2D eigenvalue weighted by atomic mass is 19.1. The predicted octanol–water partition coefficient (Wildman–Crippen LogP) is 3.19. The number of halogens is 1. The Labute approximate surface area is 86.5 Å². The van der Waals surface area contributed by atoms with E-state index in [1.165, 1.54) is 38.5 Å². The number of nitrogens with one attached hydrogen (secondary N) is 1. The van der Waals surface area contributed by atoms with Crippen molar-refractivity contribution in [1.82, 2.24) is 5.32 Å². The van der Waals surface area contributed by atoms with Crippen LogP contribution in [0.3, 0.4) is 0 Å². The molecule has 2 fully saturated rings. The fourth-order valence-electron chi connectivity index (χ4n) is 2.85. The fourth-order valence-corrected chi connectivity index (χ4v) is 2.85. The monoisotopic (exact) mass is 199 g/mol. The molecule has 2 heteroatoms. The van der Waals surface area contributed by atoms with Crippen molar-refractivity contribution in [3.63, 3.8) is 0 Å². The van der Waals surface area contributed by atoms with Crippen LogP contribution in [0, 0.1) is 0 Å². The quantitative estimate of drug-likeness (QED) is 0.720. The lowest BCUT2D eigenvalue weighted by molar-refractivity contribution is 0.168. The fraction of sp³-hybridized carbons (Fsp3) is 1.00. The molecule has 2 saturated carbocycles. The third-order valence-electron chi connectivity index (χ3n) is 3.74. The van der Waals surface area contributed by atoms with E-state index in [1.54, 1.807) is 0 Å². The van der Waals surface area contributed by atoms with Gasteiger partial charge in [0, 0.05) is 12.1 Å². The highest BCUT2D eigenvalue weighted by Crippen LogP contribution is 2.24. The minimum Gasteiger partial charge on any atom is -0.308 e. The summed E-state index contributed by atoms with van der Waals surface area (Å²) < 4.78 is 13.5. The van der Waals surface area contributed by atoms with Crippen molar-refractivity contribution in [3.05, 3.63) is 0 Å². The third kappa shape index (κ3) is 2.69. The van der Waals surface area contributed by atoms with Gasteiger partial charge in [-0.1, -0.05) is 32.1 Å². The van der Waals surface area contributed by atoms with Gasteiger partial charge in [0.1, 0.15) is 6.17 Å². The Morgan fingerprint density at radius 1 is 0.786 bits per heavy atom. The Hall–Kier alpha value is -0.110. The standard InChI is InChI=1S/C12H22FN/c13-11-8-4-5-9-12(11)14-10-6-2-1-3-7-10/h10-12,14H,1-9H2/t11-,12+/m0/s1. The molecule has 2 aliphatic carbocycles. The van der Waals surface area contributed by atoms with Gasteiger partial charge in [-0.05, 0) is 25.7 Å². The van der Waals surface area contributed by atoms with Gasteiger partial charge in [-0.3, -0.25) is 0 Å². The largest absolute Gasteiger partial charge is 0.308 e. The Bertz CT molecular complexity index is 166. The van der Waals surface area contributed by atoms with Crippen molar-refractivity contribution >= 4 is 0 Å². The molecule has 1 N–H and O–H groups in total. The zero-order valence-electron chi connectivity index (χ0n) is 8.97. The van der Waals surface area contributed by atoms with Crippen LogP contribution < -0.4 is 5.32 Å². The second-order valence-electron chi connectivity index (χ2n) is 4.91. The summed E-state index contributed by atoms with van der Waals surface area (Å²) in [5, 5.41) is 3.53. The SMILES string of the molecule is F[C@H]1CCCC[C@H]1NC1CCCCC1. The van der Waals surface area contributed by atoms with Crippen LogP contribution in [0.1, 0.15) is 57.8 Å². The molecule has 82 valence electrons. The van der Waals surface area contributed by atoms with Crippen LogP contribution in [0.4, 0.5) is 4.39 Å². The van der Waals surface area contributed by atoms with Gasteiger partial charge in [0.05, 0.1) is 0 Å². The molecule has 1 nitrogen and oxygen atoms in total. The minimum absolute atomic E-state index is 0.173. The molecule has 0 aromatic rings. The van der Waals surface area contributed by atoms with Crippen LogP contribution in [-0.2, 0) is 0 Å². The van der Waals surface area contributed by atoms with E-state index in [4.69, 9.17) is 0 Å². The third-order valence-corrected chi connectivity index (χ3v) is 3.74. The summed E-state index contributed by atoms with van der Waals surface area (Å²) in [5.74, 6) is 0. The Balaban J connectivity index is 1.76. The highest BCUT2D eigenvalue weighted by Gasteiger charge is 2.27. The molecular weight excluding hydrogens is 177 g/mol. The molecule has 0 aromatic carbocycles. The van der Waals surface area contributed by atoms with Gasteiger partial charge in [-0.25, -0.2) is 4.39 Å². The average molecular weight is 199 g/mol. The van der Waals surface area contributed by atoms with E-state index in [2.05, 4.69) is 5.32 Å². The van der Waals surface area contributed by atoms with Crippen LogP contribution in [-0.4, -0.2) is 18.3 Å². The number of rotatable bonds is 2. The lowest BCUT2D eigenvalue weighted by atomic mass is 9.90. The summed E-state index contributed by atoms with van der Waals surface area (Å²) in [6, 6.07) is 0.789. The second-order valence-corrected chi connectivity index (χ2v) is 4.91. The smallest absolute Gasteiger partial charge is 0.115 e. The molecule has 0 saturated heterocycles. The number of hydrogen-bond acceptors (Lipinski definition) is 1. The molecule has 0 unspecified atom stereocenters. The molecule has 0 aliphatic heterocycles. The first-order valence-corrected chi connectivity index (χ1v) is 6.26. The Morgan fingerprint density at radius 2 is 1.43 bits per heavy atom. The van der Waals surface area contributed by atoms with E-state index in [-0.39, 0.29) is 6.04 Å². The van der Waals surface area contributed by atoms with Crippen LogP contribution in [0.5, 0.6) is 0 Å². The van der Waals surface area contributed by atoms with E-state index >= 15 is 0 Å². The molecule has 0 radical (unpaired) electrons. The van der Waals surface area contributed by atoms with Crippen molar-refractivity contribution in [3.8, 4) is 0 Å². The molecular formula is C12H22FN. The topological polar surface area (TPSA) is 12.0 Å². The average Bonchev–Trinajstić information content (AvgIpc) is 2.23. The Morgan fingerprint density at radius 3 is 2.14 bits per heavy atom. The van der Waals surface area contributed by atoms with E-state index in [1.807, 2.05) is 0 Å². The van der Waals surface area contributed by atoms with Gasteiger partial charge >= 0.3 is 0 Å². The van der Waals surface area contributed by atoms with Gasteiger partial charge in [0.25, 0.3) is 0 Å². The lowest BCUT2D eigenvalue weighted by Crippen LogP contribution is -2.46. The van der Waals surface area contributed by atoms with Gasteiger partial charge in [0.15, 0.2) is 0 Å². The first kappa shape index (κ1) is 10.4. The minimum atomic E-state index is -0.578. The van der Waals surface area contributed by atoms with Crippen molar-refractivity contribution < 1.29 is 4.39 Å². The first-order chi connectivity index (χ1) is 6.86. The molecule has 0 amide bonds. The van der Waals surface area contributed by atoms with E-state index in [0.717, 1.165) is 19.3 Å². The molecule has 2 aliphatic rings. The van der Waals surface area contributed by atoms with E-state index in [0.29, 0.717) is 6.04 Å². The summed E-state index contributed by atoms with van der Waals surface area (Å²) in [6.07, 6.45) is 10.1. The summed E-state index contributed by atoms with van der Waals surface area (Å²) in [6.45, 7) is 0. The Kier molecular flexibility index (Phi) is 3.80. The predicted molar refractivity (Wildman–Crippen MR) is 57.2 cm³/mol. The molecule has 0 heterocycles. The number of hydrogen-bond donors (Lipinski definition) is 1. The molecule has 2 atom stereocenters. The maximum Gasteiger partial charge on any atom is 0.115 e. The number of alkyl halides is 1. The zero-order chi connectivity index (χ0) is 9.80. The van der Waals surface area contributed by atoms with Gasteiger partial charge < -0.3 is 5.32 Å². The summed E-state index contributed by atoms with van der Waals surface area (Å²) in [5.41, 5.74) is 0. The van der Waals surface area contributed by atoms with Gasteiger partial charge in [-0.2, -0.15) is 0 Å². The summed E-state index contributed by atoms with van der Waals surface area (Å²) in [4.78, 5) is 0. The maximum atomic E-state index is 13.5. The van der Waals surface area contributed by atoms with Crippen LogP contribution in [0.2, 0.25) is 0 Å². The van der Waals surface area contributed by atoms with Crippen LogP contribution in [0.15, 0.2) is 0 Å². The van der Waals surface area contributed by atoms with Gasteiger partial charge in [0.2, 0.25) is 0 Å². The molecule has 0 bridgehead atoms. The van der Waals surface area contributed by atoms with Crippen molar-refractivity contribution in [2.75, 3.05) is 0 Å². The van der Waals surface area contributed by atoms with E-state index in [9.17, 15) is 4.39 Å². The first-order valence-electron chi connectivity index (χ1n) is 6.26. The molecule has 14 heavy (non-hydrogen) atoms. The molecule has 2 rings (SSSR count). The second kappa shape index (κ2) is 5.11. The molecule has 0 aromatic heterocycles. The van der Waals surface area contributed by atoms with E-state index < -0.39 is 6.17 Å². The van der Waals surface area contributed by atoms with Crippen molar-refractivity contribution in [1.29, 1.82) is 0 Å². The lowest BCUT2D eigenvalue weighted by Gasteiger charge is -2.32.